The molecule has 1 atom stereocenters. The van der Waals surface area contributed by atoms with E-state index in [0.717, 1.165) is 12.0 Å². The molecule has 3 aromatic rings. The second kappa shape index (κ2) is 6.66. The van der Waals surface area contributed by atoms with Crippen LogP contribution < -0.4 is 11.1 Å². The van der Waals surface area contributed by atoms with Crippen molar-refractivity contribution in [3.63, 3.8) is 0 Å². The number of nitrogens with zero attached hydrogens (tertiary/aromatic N) is 2. The highest BCUT2D eigenvalue weighted by Gasteiger charge is 2.43. The van der Waals surface area contributed by atoms with Crippen LogP contribution in [0.15, 0.2) is 69.8 Å². The van der Waals surface area contributed by atoms with Crippen molar-refractivity contribution in [2.75, 3.05) is 0 Å². The van der Waals surface area contributed by atoms with E-state index in [1.54, 1.807) is 28.9 Å². The molecule has 1 aromatic heterocycles. The zero-order valence-corrected chi connectivity index (χ0v) is 17.2. The molecule has 5 rings (SSSR count). The summed E-state index contributed by atoms with van der Waals surface area (Å²) in [6.07, 6.45) is 2.37. The Morgan fingerprint density at radius 2 is 1.50 bits per heavy atom. The standard InChI is InChI=1S/C25H24N2O3/c1-25(2)14-20-22(21(28)15-25)19(13-12-16-8-4-3-5-9-16)26-23(29)17-10-6-7-11-18(17)24(30)27(20)26/h3-11,19H,12-15H2,1-2H3. The van der Waals surface area contributed by atoms with Gasteiger partial charge >= 0.3 is 0 Å². The number of allylic oxidation sites excluding steroid dienone is 2. The van der Waals surface area contributed by atoms with Crippen molar-refractivity contribution in [3.8, 4) is 0 Å². The molecule has 0 saturated heterocycles. The average molecular weight is 400 g/mol. The summed E-state index contributed by atoms with van der Waals surface area (Å²) in [4.78, 5) is 40.1. The van der Waals surface area contributed by atoms with E-state index in [9.17, 15) is 14.4 Å². The summed E-state index contributed by atoms with van der Waals surface area (Å²) >= 11 is 0. The number of hydrogen-bond donors (Lipinski definition) is 0. The first-order valence-electron chi connectivity index (χ1n) is 10.4. The van der Waals surface area contributed by atoms with Gasteiger partial charge in [0.15, 0.2) is 5.78 Å². The SMILES string of the molecule is CC1(C)CC(=O)C2=C(C1)n1c(=O)c3ccccc3c(=O)n1C2CCc1ccccc1. The number of Topliss-reactive ketones (excluding diaryl/α,β-unsaturated/α-hetero) is 1. The van der Waals surface area contributed by atoms with Crippen molar-refractivity contribution in [2.45, 2.75) is 45.6 Å². The van der Waals surface area contributed by atoms with Crippen LogP contribution in [-0.4, -0.2) is 15.1 Å². The summed E-state index contributed by atoms with van der Waals surface area (Å²) in [6, 6.07) is 16.6. The zero-order chi connectivity index (χ0) is 21.0. The molecule has 0 fully saturated rings. The van der Waals surface area contributed by atoms with Gasteiger partial charge in [-0.05, 0) is 42.4 Å². The smallest absolute Gasteiger partial charge is 0.277 e. The predicted octanol–water partition coefficient (Wildman–Crippen LogP) is 3.95. The minimum absolute atomic E-state index is 0.0540. The molecule has 152 valence electrons. The topological polar surface area (TPSA) is 61.1 Å². The molecule has 1 aliphatic heterocycles. The van der Waals surface area contributed by atoms with E-state index in [-0.39, 0.29) is 22.3 Å². The van der Waals surface area contributed by atoms with Crippen LogP contribution in [0.1, 0.15) is 44.7 Å². The van der Waals surface area contributed by atoms with Gasteiger partial charge in [0, 0.05) is 12.0 Å². The fraction of sp³-hybridized carbons (Fsp3) is 0.320. The van der Waals surface area contributed by atoms with Gasteiger partial charge in [-0.1, -0.05) is 56.3 Å². The van der Waals surface area contributed by atoms with Gasteiger partial charge in [0.1, 0.15) is 0 Å². The first kappa shape index (κ1) is 18.8. The average Bonchev–Trinajstić information content (AvgIpc) is 3.05. The molecular weight excluding hydrogens is 376 g/mol. The van der Waals surface area contributed by atoms with E-state index in [2.05, 4.69) is 0 Å². The van der Waals surface area contributed by atoms with E-state index < -0.39 is 6.04 Å². The van der Waals surface area contributed by atoms with Crippen LogP contribution in [0.2, 0.25) is 0 Å². The van der Waals surface area contributed by atoms with E-state index in [1.807, 2.05) is 44.2 Å². The van der Waals surface area contributed by atoms with Gasteiger partial charge in [-0.25, -0.2) is 9.36 Å². The normalized spacial score (nSPS) is 19.8. The Morgan fingerprint density at radius 3 is 2.20 bits per heavy atom. The molecule has 0 N–H and O–H groups in total. The lowest BCUT2D eigenvalue weighted by atomic mass is 9.74. The Labute approximate surface area is 174 Å². The Morgan fingerprint density at radius 1 is 0.867 bits per heavy atom. The summed E-state index contributed by atoms with van der Waals surface area (Å²) in [5.41, 5.74) is 1.85. The molecule has 1 aliphatic carbocycles. The number of aryl methyl sites for hydroxylation is 1. The fourth-order valence-electron chi connectivity index (χ4n) is 5.02. The highest BCUT2D eigenvalue weighted by atomic mass is 16.2. The quantitative estimate of drug-likeness (QED) is 0.669. The number of fused-ring (bicyclic) bond motifs is 3. The Kier molecular flexibility index (Phi) is 4.17. The highest BCUT2D eigenvalue weighted by molar-refractivity contribution is 6.04. The zero-order valence-electron chi connectivity index (χ0n) is 17.2. The maximum Gasteiger partial charge on any atom is 0.277 e. The molecule has 0 saturated carbocycles. The Bertz CT molecular complexity index is 1330. The van der Waals surface area contributed by atoms with Crippen LogP contribution in [0.4, 0.5) is 0 Å². The van der Waals surface area contributed by atoms with Crippen LogP contribution in [0.25, 0.3) is 16.5 Å². The molecule has 2 aliphatic rings. The Hall–Kier alpha value is -3.21. The molecule has 0 amide bonds. The Balaban J connectivity index is 1.73. The molecule has 5 heteroatoms. The first-order valence-corrected chi connectivity index (χ1v) is 10.4. The molecule has 0 spiro atoms. The minimum atomic E-state index is -0.409. The monoisotopic (exact) mass is 400 g/mol. The van der Waals surface area contributed by atoms with Crippen molar-refractivity contribution in [3.05, 3.63) is 86.4 Å². The summed E-state index contributed by atoms with van der Waals surface area (Å²) in [6.45, 7) is 4.08. The third kappa shape index (κ3) is 2.80. The maximum absolute atomic E-state index is 13.5. The lowest BCUT2D eigenvalue weighted by Gasteiger charge is -2.30. The number of benzene rings is 2. The van der Waals surface area contributed by atoms with E-state index in [4.69, 9.17) is 0 Å². The molecule has 5 nitrogen and oxygen atoms in total. The second-order valence-electron chi connectivity index (χ2n) is 9.15. The van der Waals surface area contributed by atoms with Crippen LogP contribution in [0.3, 0.4) is 0 Å². The van der Waals surface area contributed by atoms with E-state index in [1.165, 1.54) is 4.68 Å². The second-order valence-corrected chi connectivity index (χ2v) is 9.15. The third-order valence-electron chi connectivity index (χ3n) is 6.33. The van der Waals surface area contributed by atoms with E-state index >= 15 is 0 Å². The number of ketones is 1. The number of carbonyl (C=O) groups excluding carboxylic acids is 1. The van der Waals surface area contributed by atoms with Gasteiger partial charge in [0.25, 0.3) is 11.1 Å². The number of carbonyl (C=O) groups is 1. The molecule has 30 heavy (non-hydrogen) atoms. The van der Waals surface area contributed by atoms with Crippen molar-refractivity contribution in [1.82, 2.24) is 9.36 Å². The van der Waals surface area contributed by atoms with Gasteiger partial charge in [0.2, 0.25) is 0 Å². The summed E-state index contributed by atoms with van der Waals surface area (Å²) in [5, 5.41) is 0.820. The summed E-state index contributed by atoms with van der Waals surface area (Å²) < 4.78 is 3.06. The third-order valence-corrected chi connectivity index (χ3v) is 6.33. The van der Waals surface area contributed by atoms with Gasteiger partial charge in [0.05, 0.1) is 22.5 Å². The van der Waals surface area contributed by atoms with Crippen LogP contribution in [0, 0.1) is 5.41 Å². The molecule has 1 unspecified atom stereocenters. The highest BCUT2D eigenvalue weighted by Crippen LogP contribution is 2.46. The number of aromatic nitrogens is 2. The van der Waals surface area contributed by atoms with Crippen molar-refractivity contribution < 1.29 is 4.79 Å². The minimum Gasteiger partial charge on any atom is -0.294 e. The predicted molar refractivity (Wildman–Crippen MR) is 118 cm³/mol. The van der Waals surface area contributed by atoms with Crippen LogP contribution >= 0.6 is 0 Å². The molecule has 0 bridgehead atoms. The van der Waals surface area contributed by atoms with Crippen LogP contribution in [0.5, 0.6) is 0 Å². The molecule has 2 aromatic carbocycles. The summed E-state index contributed by atoms with van der Waals surface area (Å²) in [7, 11) is 0. The van der Waals surface area contributed by atoms with Crippen molar-refractivity contribution >= 4 is 22.3 Å². The van der Waals surface area contributed by atoms with Crippen molar-refractivity contribution in [2.24, 2.45) is 5.41 Å². The van der Waals surface area contributed by atoms with E-state index in [0.29, 0.717) is 41.3 Å². The fourth-order valence-corrected chi connectivity index (χ4v) is 5.02. The largest absolute Gasteiger partial charge is 0.294 e. The van der Waals surface area contributed by atoms with Gasteiger partial charge < -0.3 is 0 Å². The number of rotatable bonds is 3. The van der Waals surface area contributed by atoms with Crippen molar-refractivity contribution in [1.29, 1.82) is 0 Å². The lowest BCUT2D eigenvalue weighted by Crippen LogP contribution is -2.37. The summed E-state index contributed by atoms with van der Waals surface area (Å²) in [5.74, 6) is 0.0540. The first-order chi connectivity index (χ1) is 14.4. The van der Waals surface area contributed by atoms with Crippen LogP contribution in [-0.2, 0) is 11.2 Å². The molecular formula is C25H24N2O3. The lowest BCUT2D eigenvalue weighted by molar-refractivity contribution is -0.118. The van der Waals surface area contributed by atoms with Gasteiger partial charge in [-0.3, -0.25) is 14.4 Å². The van der Waals surface area contributed by atoms with Gasteiger partial charge in [-0.2, -0.15) is 0 Å². The number of hydrogen-bond acceptors (Lipinski definition) is 3. The maximum atomic E-state index is 13.5. The van der Waals surface area contributed by atoms with Gasteiger partial charge in [-0.15, -0.1) is 0 Å². The molecule has 0 radical (unpaired) electrons. The molecule has 2 heterocycles.